The number of nitrogens with zero attached hydrogens (tertiary/aromatic N) is 2. The number of hydrogen-bond donors (Lipinski definition) is 2. The Hall–Kier alpha value is -2.46. The number of fused-ring (bicyclic) bond motifs is 2. The molecule has 0 radical (unpaired) electrons. The molecule has 21 heavy (non-hydrogen) atoms. The Morgan fingerprint density at radius 3 is 2.67 bits per heavy atom. The molecule has 0 unspecified atom stereocenters. The van der Waals surface area contributed by atoms with Gasteiger partial charge < -0.3 is 10.4 Å². The highest BCUT2D eigenvalue weighted by Gasteiger charge is 2.30. The van der Waals surface area contributed by atoms with Crippen molar-refractivity contribution < 1.29 is 5.11 Å². The van der Waals surface area contributed by atoms with Gasteiger partial charge in [0.25, 0.3) is 0 Å². The number of hydrogen-bond acceptors (Lipinski definition) is 4. The Balaban J connectivity index is 1.68. The van der Waals surface area contributed by atoms with E-state index in [0.717, 1.165) is 16.6 Å². The average molecular weight is 277 g/mol. The third kappa shape index (κ3) is 2.14. The molecule has 0 aliphatic heterocycles. The van der Waals surface area contributed by atoms with Gasteiger partial charge in [0.2, 0.25) is 0 Å². The van der Waals surface area contributed by atoms with Crippen molar-refractivity contribution in [1.82, 2.24) is 9.97 Å². The van der Waals surface area contributed by atoms with Crippen LogP contribution in [0.1, 0.15) is 17.2 Å². The first-order valence-corrected chi connectivity index (χ1v) is 7.05. The van der Waals surface area contributed by atoms with Gasteiger partial charge in [0.1, 0.15) is 5.82 Å². The number of aliphatic hydroxyl groups excluding tert-OH is 1. The lowest BCUT2D eigenvalue weighted by Gasteiger charge is -2.18. The van der Waals surface area contributed by atoms with Crippen LogP contribution in [-0.2, 0) is 6.42 Å². The zero-order chi connectivity index (χ0) is 14.2. The second-order valence-electron chi connectivity index (χ2n) is 5.34. The van der Waals surface area contributed by atoms with Crippen LogP contribution in [0, 0.1) is 0 Å². The molecule has 1 aliphatic carbocycles. The fourth-order valence-electron chi connectivity index (χ4n) is 2.93. The highest BCUT2D eigenvalue weighted by molar-refractivity contribution is 5.75. The third-order valence-electron chi connectivity index (χ3n) is 3.96. The molecule has 1 heterocycles. The fraction of sp³-hybridized carbons (Fsp3) is 0.176. The first kappa shape index (κ1) is 12.3. The van der Waals surface area contributed by atoms with Crippen LogP contribution < -0.4 is 5.32 Å². The molecular weight excluding hydrogens is 262 g/mol. The van der Waals surface area contributed by atoms with E-state index in [1.54, 1.807) is 6.20 Å². The van der Waals surface area contributed by atoms with Gasteiger partial charge in [0, 0.05) is 6.42 Å². The molecule has 4 nitrogen and oxygen atoms in total. The van der Waals surface area contributed by atoms with Crippen LogP contribution in [0.4, 0.5) is 5.82 Å². The molecule has 1 aromatic heterocycles. The molecule has 0 bridgehead atoms. The lowest BCUT2D eigenvalue weighted by Crippen LogP contribution is -2.21. The largest absolute Gasteiger partial charge is 0.390 e. The Bertz CT molecular complexity index is 803. The molecule has 1 aliphatic rings. The van der Waals surface area contributed by atoms with Crippen molar-refractivity contribution in [3.8, 4) is 0 Å². The molecule has 4 rings (SSSR count). The lowest BCUT2D eigenvalue weighted by atomic mass is 10.1. The topological polar surface area (TPSA) is 58.0 Å². The molecule has 0 saturated heterocycles. The van der Waals surface area contributed by atoms with E-state index in [1.807, 2.05) is 36.4 Å². The van der Waals surface area contributed by atoms with E-state index >= 15 is 0 Å². The van der Waals surface area contributed by atoms with Crippen LogP contribution in [0.3, 0.4) is 0 Å². The van der Waals surface area contributed by atoms with Gasteiger partial charge in [-0.25, -0.2) is 4.98 Å². The van der Waals surface area contributed by atoms with E-state index in [4.69, 9.17) is 0 Å². The predicted molar refractivity (Wildman–Crippen MR) is 82.1 cm³/mol. The molecular formula is C17H15N3O. The number of nitrogens with one attached hydrogen (secondary N) is 1. The SMILES string of the molecule is O[C@H]1Cc2ccccc2[C@H]1Nc1cnc2ccccc2n1. The first-order valence-electron chi connectivity index (χ1n) is 7.05. The summed E-state index contributed by atoms with van der Waals surface area (Å²) in [4.78, 5) is 8.96. The minimum atomic E-state index is -0.435. The molecule has 0 saturated carbocycles. The molecule has 0 amide bonds. The van der Waals surface area contributed by atoms with Crippen molar-refractivity contribution in [2.24, 2.45) is 0 Å². The molecule has 4 heteroatoms. The maximum Gasteiger partial charge on any atom is 0.145 e. The molecule has 3 aromatic rings. The zero-order valence-electron chi connectivity index (χ0n) is 11.4. The van der Waals surface area contributed by atoms with Crippen LogP contribution in [0.15, 0.2) is 54.7 Å². The summed E-state index contributed by atoms with van der Waals surface area (Å²) in [5, 5.41) is 13.6. The predicted octanol–water partition coefficient (Wildman–Crippen LogP) is 2.70. The van der Waals surface area contributed by atoms with Gasteiger partial charge in [0.05, 0.1) is 29.4 Å². The average Bonchev–Trinajstić information content (AvgIpc) is 2.83. The summed E-state index contributed by atoms with van der Waals surface area (Å²) in [5.41, 5.74) is 4.05. The summed E-state index contributed by atoms with van der Waals surface area (Å²) in [5.74, 6) is 0.689. The van der Waals surface area contributed by atoms with Gasteiger partial charge in [-0.3, -0.25) is 4.98 Å². The quantitative estimate of drug-likeness (QED) is 0.756. The van der Waals surface area contributed by atoms with Gasteiger partial charge in [-0.2, -0.15) is 0 Å². The van der Waals surface area contributed by atoms with Crippen LogP contribution in [0.5, 0.6) is 0 Å². The molecule has 2 N–H and O–H groups in total. The summed E-state index contributed by atoms with van der Waals surface area (Å²) >= 11 is 0. The normalized spacial score (nSPS) is 20.4. The van der Waals surface area contributed by atoms with Crippen LogP contribution in [-0.4, -0.2) is 21.2 Å². The summed E-state index contributed by atoms with van der Waals surface area (Å²) in [6.07, 6.45) is 1.96. The minimum Gasteiger partial charge on any atom is -0.390 e. The molecule has 2 aromatic carbocycles. The molecule has 0 fully saturated rings. The number of benzene rings is 2. The number of para-hydroxylation sites is 2. The van der Waals surface area contributed by atoms with Crippen LogP contribution >= 0.6 is 0 Å². The number of anilines is 1. The Morgan fingerprint density at radius 2 is 1.76 bits per heavy atom. The summed E-state index contributed by atoms with van der Waals surface area (Å²) in [7, 11) is 0. The van der Waals surface area contributed by atoms with Crippen molar-refractivity contribution in [3.05, 3.63) is 65.9 Å². The smallest absolute Gasteiger partial charge is 0.145 e. The van der Waals surface area contributed by atoms with Gasteiger partial charge in [-0.05, 0) is 23.3 Å². The second-order valence-corrected chi connectivity index (χ2v) is 5.34. The Kier molecular flexibility index (Phi) is 2.82. The van der Waals surface area contributed by atoms with Crippen molar-refractivity contribution in [2.45, 2.75) is 18.6 Å². The van der Waals surface area contributed by atoms with Crippen molar-refractivity contribution in [1.29, 1.82) is 0 Å². The maximum absolute atomic E-state index is 10.3. The van der Waals surface area contributed by atoms with E-state index in [-0.39, 0.29) is 6.04 Å². The van der Waals surface area contributed by atoms with E-state index in [1.165, 1.54) is 5.56 Å². The summed E-state index contributed by atoms with van der Waals surface area (Å²) in [6.45, 7) is 0. The van der Waals surface area contributed by atoms with Crippen LogP contribution in [0.25, 0.3) is 11.0 Å². The fourth-order valence-corrected chi connectivity index (χ4v) is 2.93. The summed E-state index contributed by atoms with van der Waals surface area (Å²) in [6, 6.07) is 15.8. The zero-order valence-corrected chi connectivity index (χ0v) is 11.4. The summed E-state index contributed by atoms with van der Waals surface area (Å²) < 4.78 is 0. The first-order chi connectivity index (χ1) is 10.3. The Morgan fingerprint density at radius 1 is 1.00 bits per heavy atom. The standard InChI is InChI=1S/C17H15N3O/c21-15-9-11-5-1-2-6-12(11)17(15)20-16-10-18-13-7-3-4-8-14(13)19-16/h1-8,10,15,17,21H,9H2,(H,19,20)/t15-,17+/m0/s1. The number of aromatic nitrogens is 2. The van der Waals surface area contributed by atoms with Crippen molar-refractivity contribution in [2.75, 3.05) is 5.32 Å². The van der Waals surface area contributed by atoms with Gasteiger partial charge in [0.15, 0.2) is 0 Å². The maximum atomic E-state index is 10.3. The molecule has 104 valence electrons. The van der Waals surface area contributed by atoms with Crippen molar-refractivity contribution in [3.63, 3.8) is 0 Å². The number of rotatable bonds is 2. The van der Waals surface area contributed by atoms with E-state index in [0.29, 0.717) is 12.2 Å². The van der Waals surface area contributed by atoms with Crippen molar-refractivity contribution >= 4 is 16.9 Å². The number of aliphatic hydroxyl groups is 1. The van der Waals surface area contributed by atoms with E-state index in [2.05, 4.69) is 27.4 Å². The monoisotopic (exact) mass is 277 g/mol. The highest BCUT2D eigenvalue weighted by atomic mass is 16.3. The second kappa shape index (κ2) is 4.82. The van der Waals surface area contributed by atoms with Gasteiger partial charge in [-0.1, -0.05) is 36.4 Å². The van der Waals surface area contributed by atoms with Gasteiger partial charge in [-0.15, -0.1) is 0 Å². The molecule has 2 atom stereocenters. The highest BCUT2D eigenvalue weighted by Crippen LogP contribution is 2.33. The third-order valence-corrected chi connectivity index (χ3v) is 3.96. The van der Waals surface area contributed by atoms with Crippen LogP contribution in [0.2, 0.25) is 0 Å². The van der Waals surface area contributed by atoms with E-state index in [9.17, 15) is 5.11 Å². The Labute approximate surface area is 122 Å². The van der Waals surface area contributed by atoms with Gasteiger partial charge >= 0.3 is 0 Å². The lowest BCUT2D eigenvalue weighted by molar-refractivity contribution is 0.165. The van der Waals surface area contributed by atoms with E-state index < -0.39 is 6.10 Å². The minimum absolute atomic E-state index is 0.128. The molecule has 0 spiro atoms.